The van der Waals surface area contributed by atoms with E-state index in [-0.39, 0.29) is 11.8 Å². The van der Waals surface area contributed by atoms with Crippen LogP contribution in [0, 0.1) is 13.8 Å². The van der Waals surface area contributed by atoms with Crippen molar-refractivity contribution < 1.29 is 22.7 Å². The number of hydrogen-bond acceptors (Lipinski definition) is 6. The molecule has 3 N–H and O–H groups in total. The van der Waals surface area contributed by atoms with Crippen molar-refractivity contribution in [3.8, 4) is 22.8 Å². The van der Waals surface area contributed by atoms with Crippen LogP contribution in [0.25, 0.3) is 17.1 Å². The van der Waals surface area contributed by atoms with Crippen molar-refractivity contribution >= 4 is 18.0 Å². The first kappa shape index (κ1) is 30.9. The number of unbranched alkanes of at least 4 members (excludes halogenated alkanes) is 1. The standard InChI is InChI=1S/C30H33F3N6O2S/c1-21-6-5-7-22(2)27(21)42-37-19-18-35-29(40)34-17-4-3-8-23-9-11-24(12-10-23)28-36-20-39(38-28)25-13-15-26(16-14-25)41-30(31,32)33/h5-7,9-16,20,37H,3-4,8,17-19H2,1-2H3,(H2,34,35,40). The van der Waals surface area contributed by atoms with Crippen molar-refractivity contribution in [3.63, 3.8) is 0 Å². The third kappa shape index (κ3) is 9.52. The van der Waals surface area contributed by atoms with Crippen LogP contribution in [0.15, 0.2) is 78.0 Å². The van der Waals surface area contributed by atoms with Crippen molar-refractivity contribution in [2.75, 3.05) is 19.6 Å². The van der Waals surface area contributed by atoms with E-state index in [1.54, 1.807) is 11.9 Å². The monoisotopic (exact) mass is 598 g/mol. The third-order valence-corrected chi connectivity index (χ3v) is 7.51. The van der Waals surface area contributed by atoms with Gasteiger partial charge in [0.15, 0.2) is 5.82 Å². The molecule has 0 saturated carbocycles. The summed E-state index contributed by atoms with van der Waals surface area (Å²) in [5, 5.41) is 10.2. The van der Waals surface area contributed by atoms with Gasteiger partial charge in [-0.3, -0.25) is 4.72 Å². The van der Waals surface area contributed by atoms with E-state index in [9.17, 15) is 18.0 Å². The molecule has 4 aromatic rings. The molecule has 0 unspecified atom stereocenters. The Bertz CT molecular complexity index is 1420. The van der Waals surface area contributed by atoms with E-state index in [2.05, 4.69) is 56.2 Å². The van der Waals surface area contributed by atoms with Gasteiger partial charge in [-0.25, -0.2) is 14.5 Å². The van der Waals surface area contributed by atoms with Gasteiger partial charge in [0.2, 0.25) is 0 Å². The molecule has 0 saturated heterocycles. The molecule has 12 heteroatoms. The summed E-state index contributed by atoms with van der Waals surface area (Å²) in [4.78, 5) is 17.6. The lowest BCUT2D eigenvalue weighted by molar-refractivity contribution is -0.274. The number of amides is 2. The lowest BCUT2D eigenvalue weighted by atomic mass is 10.1. The Morgan fingerprint density at radius 1 is 0.905 bits per heavy atom. The maximum Gasteiger partial charge on any atom is 0.573 e. The van der Waals surface area contributed by atoms with E-state index in [0.29, 0.717) is 31.1 Å². The third-order valence-electron chi connectivity index (χ3n) is 6.31. The molecule has 0 spiro atoms. The average Bonchev–Trinajstić information content (AvgIpc) is 3.44. The number of halogens is 3. The number of carbonyl (C=O) groups is 1. The zero-order valence-corrected chi connectivity index (χ0v) is 24.2. The number of nitrogens with zero attached hydrogens (tertiary/aromatic N) is 3. The molecule has 42 heavy (non-hydrogen) atoms. The predicted octanol–water partition coefficient (Wildman–Crippen LogP) is 6.37. The first-order chi connectivity index (χ1) is 20.2. The second-order valence-corrected chi connectivity index (χ2v) is 10.5. The maximum absolute atomic E-state index is 12.4. The van der Waals surface area contributed by atoms with Gasteiger partial charge < -0.3 is 15.4 Å². The number of carbonyl (C=O) groups excluding carboxylic acids is 1. The molecule has 0 bridgehead atoms. The topological polar surface area (TPSA) is 93.1 Å². The van der Waals surface area contributed by atoms with E-state index in [1.165, 1.54) is 51.3 Å². The SMILES string of the molecule is Cc1cccc(C)c1SNCCNC(=O)NCCCCc1ccc(-c2ncn(-c3ccc(OC(F)(F)F)cc3)n2)cc1. The predicted molar refractivity (Wildman–Crippen MR) is 158 cm³/mol. The minimum absolute atomic E-state index is 0.171. The molecule has 0 aliphatic rings. The van der Waals surface area contributed by atoms with E-state index in [0.717, 1.165) is 30.4 Å². The lowest BCUT2D eigenvalue weighted by Gasteiger charge is -2.11. The summed E-state index contributed by atoms with van der Waals surface area (Å²) in [5.74, 6) is 0.208. The molecule has 4 rings (SSSR count). The van der Waals surface area contributed by atoms with Gasteiger partial charge in [-0.2, -0.15) is 0 Å². The number of ether oxygens (including phenoxy) is 1. The van der Waals surface area contributed by atoms with Crippen molar-refractivity contribution in [2.24, 2.45) is 0 Å². The number of benzene rings is 3. The van der Waals surface area contributed by atoms with E-state index >= 15 is 0 Å². The number of hydrogen-bond donors (Lipinski definition) is 3. The lowest BCUT2D eigenvalue weighted by Crippen LogP contribution is -2.38. The van der Waals surface area contributed by atoms with Crippen LogP contribution >= 0.6 is 11.9 Å². The second kappa shape index (κ2) is 14.7. The van der Waals surface area contributed by atoms with Gasteiger partial charge in [-0.1, -0.05) is 42.5 Å². The first-order valence-corrected chi connectivity index (χ1v) is 14.3. The molecular weight excluding hydrogens is 565 g/mol. The summed E-state index contributed by atoms with van der Waals surface area (Å²) >= 11 is 1.59. The first-order valence-electron chi connectivity index (χ1n) is 13.5. The van der Waals surface area contributed by atoms with Gasteiger partial charge in [-0.05, 0) is 86.0 Å². The summed E-state index contributed by atoms with van der Waals surface area (Å²) < 4.78 is 45.8. The molecule has 3 aromatic carbocycles. The van der Waals surface area contributed by atoms with E-state index in [4.69, 9.17) is 0 Å². The molecule has 0 aliphatic carbocycles. The number of nitrogens with one attached hydrogen (secondary N) is 3. The number of alkyl halides is 3. The molecule has 0 radical (unpaired) electrons. The number of rotatable bonds is 13. The normalized spacial score (nSPS) is 11.4. The fourth-order valence-electron chi connectivity index (χ4n) is 4.17. The molecule has 0 atom stereocenters. The van der Waals surface area contributed by atoms with Crippen LogP contribution in [-0.2, 0) is 6.42 Å². The summed E-state index contributed by atoms with van der Waals surface area (Å²) in [7, 11) is 0. The Morgan fingerprint density at radius 3 is 2.29 bits per heavy atom. The zero-order chi connectivity index (χ0) is 30.0. The van der Waals surface area contributed by atoms with Crippen molar-refractivity contribution in [3.05, 3.63) is 89.7 Å². The van der Waals surface area contributed by atoms with Crippen LogP contribution < -0.4 is 20.1 Å². The van der Waals surface area contributed by atoms with Crippen LogP contribution in [0.2, 0.25) is 0 Å². The van der Waals surface area contributed by atoms with Gasteiger partial charge in [0.1, 0.15) is 12.1 Å². The van der Waals surface area contributed by atoms with Gasteiger partial charge in [0.25, 0.3) is 0 Å². The zero-order valence-electron chi connectivity index (χ0n) is 23.4. The minimum atomic E-state index is -4.74. The second-order valence-electron chi connectivity index (χ2n) is 9.61. The maximum atomic E-state index is 12.4. The molecule has 0 aliphatic heterocycles. The molecule has 2 amide bonds. The van der Waals surface area contributed by atoms with Crippen molar-refractivity contribution in [2.45, 2.75) is 44.4 Å². The molecule has 0 fully saturated rings. The van der Waals surface area contributed by atoms with Crippen LogP contribution in [0.4, 0.5) is 18.0 Å². The summed E-state index contributed by atoms with van der Waals surface area (Å²) in [5.41, 5.74) is 5.01. The Labute approximate surface area is 247 Å². The smallest absolute Gasteiger partial charge is 0.406 e. The van der Waals surface area contributed by atoms with Crippen LogP contribution in [-0.4, -0.2) is 46.8 Å². The summed E-state index contributed by atoms with van der Waals surface area (Å²) in [6, 6.07) is 19.4. The van der Waals surface area contributed by atoms with E-state index in [1.807, 2.05) is 30.3 Å². The fraction of sp³-hybridized carbons (Fsp3) is 0.300. The van der Waals surface area contributed by atoms with Crippen LogP contribution in [0.3, 0.4) is 0 Å². The van der Waals surface area contributed by atoms with Crippen LogP contribution in [0.5, 0.6) is 5.75 Å². The van der Waals surface area contributed by atoms with Gasteiger partial charge in [-0.15, -0.1) is 18.3 Å². The molecule has 1 aromatic heterocycles. The highest BCUT2D eigenvalue weighted by molar-refractivity contribution is 7.97. The number of aromatic nitrogens is 3. The van der Waals surface area contributed by atoms with Gasteiger partial charge >= 0.3 is 12.4 Å². The average molecular weight is 599 g/mol. The summed E-state index contributed by atoms with van der Waals surface area (Å²) in [6.45, 7) is 5.96. The van der Waals surface area contributed by atoms with Gasteiger partial charge in [0, 0.05) is 30.1 Å². The Morgan fingerprint density at radius 2 is 1.60 bits per heavy atom. The van der Waals surface area contributed by atoms with Crippen LogP contribution in [0.1, 0.15) is 29.5 Å². The highest BCUT2D eigenvalue weighted by Crippen LogP contribution is 2.25. The van der Waals surface area contributed by atoms with Gasteiger partial charge in [0.05, 0.1) is 5.69 Å². The quantitative estimate of drug-likeness (QED) is 0.122. The highest BCUT2D eigenvalue weighted by atomic mass is 32.2. The van der Waals surface area contributed by atoms with E-state index < -0.39 is 6.36 Å². The molecular formula is C30H33F3N6O2S. The minimum Gasteiger partial charge on any atom is -0.406 e. The van der Waals surface area contributed by atoms with Crippen molar-refractivity contribution in [1.29, 1.82) is 0 Å². The highest BCUT2D eigenvalue weighted by Gasteiger charge is 2.31. The Kier molecular flexibility index (Phi) is 10.8. The molecule has 1 heterocycles. The summed E-state index contributed by atoms with van der Waals surface area (Å²) in [6.07, 6.45) is -0.574. The van der Waals surface area contributed by atoms with Crippen molar-refractivity contribution in [1.82, 2.24) is 30.1 Å². The fourth-order valence-corrected chi connectivity index (χ4v) is 4.98. The molecule has 8 nitrogen and oxygen atoms in total. The number of urea groups is 1. The Balaban J connectivity index is 1.11. The largest absolute Gasteiger partial charge is 0.573 e. The molecule has 222 valence electrons. The Hall–Kier alpha value is -4.03. The number of aryl methyl sites for hydroxylation is 3.